The van der Waals surface area contributed by atoms with Crippen LogP contribution in [0.2, 0.25) is 0 Å². The van der Waals surface area contributed by atoms with Crippen LogP contribution in [-0.2, 0) is 16.0 Å². The second kappa shape index (κ2) is 7.91. The average Bonchev–Trinajstić information content (AvgIpc) is 3.00. The van der Waals surface area contributed by atoms with Crippen molar-refractivity contribution >= 4 is 12.1 Å². The van der Waals surface area contributed by atoms with Crippen LogP contribution < -0.4 is 5.32 Å². The van der Waals surface area contributed by atoms with Gasteiger partial charge in [0.1, 0.15) is 5.60 Å². The predicted molar refractivity (Wildman–Crippen MR) is 94.4 cm³/mol. The van der Waals surface area contributed by atoms with Gasteiger partial charge in [-0.2, -0.15) is 0 Å². The molecule has 2 rings (SSSR count). The first-order valence-electron chi connectivity index (χ1n) is 8.70. The zero-order valence-corrected chi connectivity index (χ0v) is 15.7. The molecule has 25 heavy (non-hydrogen) atoms. The standard InChI is InChI=1S/C18H29N3O4/c1-12-14(7-6-10-21(12)17(23)25-18(2,3)4)20-11-15-13(8-9-19-15)16(22)24-5/h8-9,12,14,19-20H,6-7,10-11H2,1-5H3. The maximum absolute atomic E-state index is 12.4. The number of H-pyrrole nitrogens is 1. The summed E-state index contributed by atoms with van der Waals surface area (Å²) in [5, 5.41) is 3.45. The molecule has 7 nitrogen and oxygen atoms in total. The molecule has 2 unspecified atom stereocenters. The number of esters is 1. The summed E-state index contributed by atoms with van der Waals surface area (Å²) >= 11 is 0. The Kier molecular flexibility index (Phi) is 6.11. The molecule has 7 heteroatoms. The van der Waals surface area contributed by atoms with Crippen molar-refractivity contribution < 1.29 is 19.1 Å². The van der Waals surface area contributed by atoms with Crippen molar-refractivity contribution in [1.29, 1.82) is 0 Å². The van der Waals surface area contributed by atoms with Crippen molar-refractivity contribution in [1.82, 2.24) is 15.2 Å². The Bertz CT molecular complexity index is 606. The van der Waals surface area contributed by atoms with E-state index >= 15 is 0 Å². The second-order valence-corrected chi connectivity index (χ2v) is 7.41. The number of nitrogens with one attached hydrogen (secondary N) is 2. The highest BCUT2D eigenvalue weighted by Crippen LogP contribution is 2.21. The van der Waals surface area contributed by atoms with E-state index in [1.807, 2.05) is 27.7 Å². The van der Waals surface area contributed by atoms with Gasteiger partial charge in [-0.15, -0.1) is 0 Å². The first-order chi connectivity index (χ1) is 11.7. The van der Waals surface area contributed by atoms with E-state index in [-0.39, 0.29) is 24.1 Å². The zero-order valence-electron chi connectivity index (χ0n) is 15.7. The Morgan fingerprint density at radius 1 is 1.40 bits per heavy atom. The number of carbonyl (C=O) groups is 2. The number of aromatic nitrogens is 1. The summed E-state index contributed by atoms with van der Waals surface area (Å²) in [5.41, 5.74) is 0.813. The lowest BCUT2D eigenvalue weighted by molar-refractivity contribution is 0.00697. The largest absolute Gasteiger partial charge is 0.465 e. The maximum Gasteiger partial charge on any atom is 0.410 e. The van der Waals surface area contributed by atoms with Gasteiger partial charge in [0.05, 0.1) is 12.7 Å². The number of nitrogens with zero attached hydrogens (tertiary/aromatic N) is 1. The predicted octanol–water partition coefficient (Wildman–Crippen LogP) is 2.68. The number of ether oxygens (including phenoxy) is 2. The molecule has 0 spiro atoms. The minimum absolute atomic E-state index is 0.0140. The molecule has 0 radical (unpaired) electrons. The number of aromatic amines is 1. The van der Waals surface area contributed by atoms with E-state index in [2.05, 4.69) is 10.3 Å². The van der Waals surface area contributed by atoms with Crippen molar-refractivity contribution in [2.24, 2.45) is 0 Å². The summed E-state index contributed by atoms with van der Waals surface area (Å²) in [6.45, 7) is 8.84. The molecular formula is C18H29N3O4. The van der Waals surface area contributed by atoms with E-state index in [0.29, 0.717) is 18.7 Å². The van der Waals surface area contributed by atoms with E-state index in [1.54, 1.807) is 17.2 Å². The van der Waals surface area contributed by atoms with Crippen molar-refractivity contribution in [3.8, 4) is 0 Å². The van der Waals surface area contributed by atoms with Crippen molar-refractivity contribution in [3.63, 3.8) is 0 Å². The Labute approximate surface area is 149 Å². The first kappa shape index (κ1) is 19.3. The quantitative estimate of drug-likeness (QED) is 0.815. The molecule has 1 aliphatic heterocycles. The van der Waals surface area contributed by atoms with Gasteiger partial charge in [0, 0.05) is 37.1 Å². The van der Waals surface area contributed by atoms with E-state index in [0.717, 1.165) is 18.5 Å². The highest BCUT2D eigenvalue weighted by Gasteiger charge is 2.33. The van der Waals surface area contributed by atoms with Gasteiger partial charge >= 0.3 is 12.1 Å². The topological polar surface area (TPSA) is 83.7 Å². The van der Waals surface area contributed by atoms with Gasteiger partial charge in [0.15, 0.2) is 0 Å². The highest BCUT2D eigenvalue weighted by molar-refractivity contribution is 5.90. The van der Waals surface area contributed by atoms with Gasteiger partial charge in [-0.25, -0.2) is 9.59 Å². The molecule has 1 fully saturated rings. The molecular weight excluding hydrogens is 322 g/mol. The molecule has 0 bridgehead atoms. The van der Waals surface area contributed by atoms with Gasteiger partial charge in [0.2, 0.25) is 0 Å². The van der Waals surface area contributed by atoms with Crippen LogP contribution in [0.5, 0.6) is 0 Å². The molecule has 1 saturated heterocycles. The molecule has 1 aliphatic rings. The van der Waals surface area contributed by atoms with Crippen LogP contribution in [0, 0.1) is 0 Å². The molecule has 2 atom stereocenters. The van der Waals surface area contributed by atoms with Crippen LogP contribution in [0.4, 0.5) is 4.79 Å². The number of likely N-dealkylation sites (tertiary alicyclic amines) is 1. The monoisotopic (exact) mass is 351 g/mol. The van der Waals surface area contributed by atoms with Crippen LogP contribution in [0.25, 0.3) is 0 Å². The molecule has 0 aromatic carbocycles. The van der Waals surface area contributed by atoms with Gasteiger partial charge in [-0.05, 0) is 46.6 Å². The minimum Gasteiger partial charge on any atom is -0.465 e. The fraction of sp³-hybridized carbons (Fsp3) is 0.667. The molecule has 0 aliphatic carbocycles. The summed E-state index contributed by atoms with van der Waals surface area (Å²) in [4.78, 5) is 29.0. The minimum atomic E-state index is -0.503. The summed E-state index contributed by atoms with van der Waals surface area (Å²) < 4.78 is 10.3. The Morgan fingerprint density at radius 2 is 2.12 bits per heavy atom. The first-order valence-corrected chi connectivity index (χ1v) is 8.70. The third kappa shape index (κ3) is 4.98. The lowest BCUT2D eigenvalue weighted by Crippen LogP contribution is -2.55. The van der Waals surface area contributed by atoms with Gasteiger partial charge in [-0.1, -0.05) is 0 Å². The summed E-state index contributed by atoms with van der Waals surface area (Å²) in [5.74, 6) is -0.356. The van der Waals surface area contributed by atoms with Crippen molar-refractivity contribution in [2.45, 2.75) is 64.8 Å². The summed E-state index contributed by atoms with van der Waals surface area (Å²) in [6.07, 6.45) is 3.33. The number of amides is 1. The summed E-state index contributed by atoms with van der Waals surface area (Å²) in [6, 6.07) is 1.86. The number of piperidine rings is 1. The average molecular weight is 351 g/mol. The number of hydrogen-bond donors (Lipinski definition) is 2. The fourth-order valence-corrected chi connectivity index (χ4v) is 3.08. The summed E-state index contributed by atoms with van der Waals surface area (Å²) in [7, 11) is 1.37. The molecule has 2 N–H and O–H groups in total. The Balaban J connectivity index is 1.97. The van der Waals surface area contributed by atoms with Crippen molar-refractivity contribution in [2.75, 3.05) is 13.7 Å². The van der Waals surface area contributed by atoms with Crippen LogP contribution in [0.1, 0.15) is 56.6 Å². The van der Waals surface area contributed by atoms with E-state index in [9.17, 15) is 9.59 Å². The van der Waals surface area contributed by atoms with Gasteiger partial charge in [-0.3, -0.25) is 0 Å². The molecule has 140 valence electrons. The van der Waals surface area contributed by atoms with Gasteiger partial charge in [0.25, 0.3) is 0 Å². The lowest BCUT2D eigenvalue weighted by atomic mass is 9.97. The van der Waals surface area contributed by atoms with Crippen LogP contribution in [-0.4, -0.2) is 53.3 Å². The molecule has 1 amide bonds. The highest BCUT2D eigenvalue weighted by atomic mass is 16.6. The number of hydrogen-bond acceptors (Lipinski definition) is 5. The molecule has 0 saturated carbocycles. The smallest absolute Gasteiger partial charge is 0.410 e. The maximum atomic E-state index is 12.4. The van der Waals surface area contributed by atoms with Crippen LogP contribution in [0.3, 0.4) is 0 Å². The van der Waals surface area contributed by atoms with Crippen LogP contribution >= 0.6 is 0 Å². The molecule has 1 aromatic rings. The SMILES string of the molecule is COC(=O)c1cc[nH]c1CNC1CCCN(C(=O)OC(C)(C)C)C1C. The normalized spacial score (nSPS) is 21.1. The van der Waals surface area contributed by atoms with Crippen molar-refractivity contribution in [3.05, 3.63) is 23.5 Å². The zero-order chi connectivity index (χ0) is 18.6. The fourth-order valence-electron chi connectivity index (χ4n) is 3.08. The van der Waals surface area contributed by atoms with E-state index in [4.69, 9.17) is 9.47 Å². The third-order valence-electron chi connectivity index (χ3n) is 4.40. The number of carbonyl (C=O) groups excluding carboxylic acids is 2. The number of methoxy groups -OCH3 is 1. The molecule has 2 heterocycles. The number of rotatable bonds is 4. The van der Waals surface area contributed by atoms with E-state index < -0.39 is 5.60 Å². The van der Waals surface area contributed by atoms with Gasteiger partial charge < -0.3 is 24.7 Å². The Hall–Kier alpha value is -2.02. The lowest BCUT2D eigenvalue weighted by Gasteiger charge is -2.40. The second-order valence-electron chi connectivity index (χ2n) is 7.41. The van der Waals surface area contributed by atoms with Crippen LogP contribution in [0.15, 0.2) is 12.3 Å². The Morgan fingerprint density at radius 3 is 2.76 bits per heavy atom. The molecule has 1 aromatic heterocycles. The third-order valence-corrected chi connectivity index (χ3v) is 4.40. The van der Waals surface area contributed by atoms with E-state index in [1.165, 1.54) is 7.11 Å².